The lowest BCUT2D eigenvalue weighted by atomic mass is 9.82. The number of nitrogens with one attached hydrogen (secondary N) is 1. The van der Waals surface area contributed by atoms with Gasteiger partial charge in [-0.2, -0.15) is 0 Å². The van der Waals surface area contributed by atoms with Gasteiger partial charge in [-0.3, -0.25) is 14.5 Å². The van der Waals surface area contributed by atoms with Crippen molar-refractivity contribution in [1.29, 1.82) is 0 Å². The van der Waals surface area contributed by atoms with Crippen LogP contribution >= 0.6 is 0 Å². The molecule has 0 aromatic heterocycles. The van der Waals surface area contributed by atoms with E-state index < -0.39 is 11.6 Å². The quantitative estimate of drug-likeness (QED) is 0.551. The fraction of sp³-hybridized carbons (Fsp3) is 0.364. The highest BCUT2D eigenvalue weighted by Gasteiger charge is 2.36. The Bertz CT molecular complexity index is 972. The number of benzene rings is 2. The number of ether oxygens (including phenoxy) is 1. The summed E-state index contributed by atoms with van der Waals surface area (Å²) in [5, 5.41) is 23.5. The van der Waals surface area contributed by atoms with Crippen molar-refractivity contribution in [1.82, 2.24) is 4.90 Å². The van der Waals surface area contributed by atoms with E-state index in [2.05, 4.69) is 17.1 Å². The van der Waals surface area contributed by atoms with Gasteiger partial charge in [-0.25, -0.2) is 0 Å². The molecular weight excluding hydrogens is 372 g/mol. The summed E-state index contributed by atoms with van der Waals surface area (Å²) in [7, 11) is 0. The fourth-order valence-electron chi connectivity index (χ4n) is 4.09. The van der Waals surface area contributed by atoms with Crippen molar-refractivity contribution in [3.8, 4) is 11.5 Å². The Kier molecular flexibility index (Phi) is 5.25. The Labute approximate surface area is 168 Å². The van der Waals surface area contributed by atoms with Crippen LogP contribution in [0.3, 0.4) is 0 Å². The van der Waals surface area contributed by atoms with E-state index in [-0.39, 0.29) is 40.0 Å². The van der Waals surface area contributed by atoms with E-state index in [9.17, 15) is 19.8 Å². The number of carbonyl (C=O) groups is 2. The van der Waals surface area contributed by atoms with Crippen LogP contribution in [0.15, 0.2) is 30.3 Å². The first-order chi connectivity index (χ1) is 14.0. The lowest BCUT2D eigenvalue weighted by Gasteiger charge is -2.24. The number of anilines is 1. The first-order valence-electron chi connectivity index (χ1n) is 9.89. The van der Waals surface area contributed by atoms with Gasteiger partial charge >= 0.3 is 0 Å². The molecule has 2 aromatic rings. The maximum atomic E-state index is 13.1. The van der Waals surface area contributed by atoms with Gasteiger partial charge in [-0.1, -0.05) is 25.5 Å². The predicted octanol–water partition coefficient (Wildman–Crippen LogP) is 2.74. The number of aromatic hydroxyl groups is 2. The van der Waals surface area contributed by atoms with E-state index in [0.717, 1.165) is 32.5 Å². The molecule has 3 N–H and O–H groups in total. The number of rotatable bonds is 6. The Morgan fingerprint density at radius 1 is 1.07 bits per heavy atom. The molecule has 1 aliphatic heterocycles. The largest absolute Gasteiger partial charge is 0.507 e. The molecule has 0 spiro atoms. The molecule has 0 amide bonds. The van der Waals surface area contributed by atoms with Gasteiger partial charge in [0.05, 0.1) is 23.3 Å². The Morgan fingerprint density at radius 2 is 1.79 bits per heavy atom. The van der Waals surface area contributed by atoms with Crippen LogP contribution < -0.4 is 5.32 Å². The zero-order valence-electron chi connectivity index (χ0n) is 16.3. The predicted molar refractivity (Wildman–Crippen MR) is 108 cm³/mol. The second-order valence-electron chi connectivity index (χ2n) is 7.32. The summed E-state index contributed by atoms with van der Waals surface area (Å²) in [6.07, 6.45) is 2.15. The van der Waals surface area contributed by atoms with E-state index in [1.807, 2.05) is 0 Å². The zero-order chi connectivity index (χ0) is 20.5. The van der Waals surface area contributed by atoms with Crippen LogP contribution in [0.1, 0.15) is 51.6 Å². The molecule has 1 fully saturated rings. The molecule has 4 rings (SSSR count). The second kappa shape index (κ2) is 7.85. The molecule has 1 heterocycles. The van der Waals surface area contributed by atoms with Gasteiger partial charge in [0.1, 0.15) is 17.7 Å². The summed E-state index contributed by atoms with van der Waals surface area (Å²) in [5.74, 6) is -1.56. The van der Waals surface area contributed by atoms with Gasteiger partial charge in [0, 0.05) is 30.9 Å². The van der Waals surface area contributed by atoms with Gasteiger partial charge < -0.3 is 20.3 Å². The molecule has 7 nitrogen and oxygen atoms in total. The molecule has 29 heavy (non-hydrogen) atoms. The molecule has 7 heteroatoms. The second-order valence-corrected chi connectivity index (χ2v) is 7.32. The van der Waals surface area contributed by atoms with Crippen molar-refractivity contribution in [2.45, 2.75) is 26.0 Å². The van der Waals surface area contributed by atoms with Crippen LogP contribution in [0.4, 0.5) is 5.69 Å². The van der Waals surface area contributed by atoms with E-state index in [1.165, 1.54) is 12.1 Å². The number of phenolic OH excluding ortho intramolecular Hbond substituents is 2. The van der Waals surface area contributed by atoms with Gasteiger partial charge in [-0.15, -0.1) is 0 Å². The lowest BCUT2D eigenvalue weighted by Crippen LogP contribution is -2.34. The summed E-state index contributed by atoms with van der Waals surface area (Å²) in [5.41, 5.74) is 0.709. The van der Waals surface area contributed by atoms with E-state index >= 15 is 0 Å². The maximum absolute atomic E-state index is 13.1. The molecule has 0 saturated carbocycles. The van der Waals surface area contributed by atoms with Gasteiger partial charge in [0.15, 0.2) is 11.6 Å². The number of phenols is 2. The number of carbonyl (C=O) groups excluding carboxylic acids is 2. The number of nitrogens with zero attached hydrogens (tertiary/aromatic N) is 1. The molecular formula is C22H24N2O5. The molecule has 2 aromatic carbocycles. The van der Waals surface area contributed by atoms with Crippen molar-refractivity contribution in [2.24, 2.45) is 0 Å². The van der Waals surface area contributed by atoms with Crippen LogP contribution in [0.5, 0.6) is 11.5 Å². The third-order valence-corrected chi connectivity index (χ3v) is 5.50. The molecule has 0 bridgehead atoms. The summed E-state index contributed by atoms with van der Waals surface area (Å²) in [4.78, 5) is 28.3. The van der Waals surface area contributed by atoms with Gasteiger partial charge in [-0.05, 0) is 24.6 Å². The van der Waals surface area contributed by atoms with Crippen molar-refractivity contribution in [2.75, 3.05) is 31.6 Å². The van der Waals surface area contributed by atoms with Crippen molar-refractivity contribution >= 4 is 17.3 Å². The van der Waals surface area contributed by atoms with E-state index in [0.29, 0.717) is 12.2 Å². The fourth-order valence-corrected chi connectivity index (χ4v) is 4.09. The Balaban J connectivity index is 1.58. The molecule has 1 aliphatic carbocycles. The standard InChI is InChI=1S/C22H24N2O5/c1-2-4-17-24(11-12-29-17)10-9-23-14-6-3-5-13-18(14)22(28)20-16(26)8-7-15(25)19(20)21(13)27/h3,5-8,17,23,25-26H,2,4,9-12H2,1H3. The molecule has 1 atom stereocenters. The van der Waals surface area contributed by atoms with Crippen molar-refractivity contribution in [3.05, 3.63) is 52.6 Å². The Morgan fingerprint density at radius 3 is 2.52 bits per heavy atom. The monoisotopic (exact) mass is 396 g/mol. The topological polar surface area (TPSA) is 99.1 Å². The highest BCUT2D eigenvalue weighted by molar-refractivity contribution is 6.31. The summed E-state index contributed by atoms with van der Waals surface area (Å²) in [6, 6.07) is 7.46. The van der Waals surface area contributed by atoms with Crippen LogP contribution in [-0.2, 0) is 4.74 Å². The zero-order valence-corrected chi connectivity index (χ0v) is 16.3. The third-order valence-electron chi connectivity index (χ3n) is 5.50. The van der Waals surface area contributed by atoms with Crippen LogP contribution in [0.2, 0.25) is 0 Å². The van der Waals surface area contributed by atoms with E-state index in [1.54, 1.807) is 18.2 Å². The van der Waals surface area contributed by atoms with Crippen LogP contribution in [0, 0.1) is 0 Å². The maximum Gasteiger partial charge on any atom is 0.200 e. The normalized spacial score (nSPS) is 18.6. The number of fused-ring (bicyclic) bond motifs is 2. The van der Waals surface area contributed by atoms with Gasteiger partial charge in [0.25, 0.3) is 0 Å². The first-order valence-corrected chi connectivity index (χ1v) is 9.89. The lowest BCUT2D eigenvalue weighted by molar-refractivity contribution is 0.0286. The average Bonchev–Trinajstić information content (AvgIpc) is 3.15. The number of hydrogen-bond acceptors (Lipinski definition) is 7. The summed E-state index contributed by atoms with van der Waals surface area (Å²) >= 11 is 0. The smallest absolute Gasteiger partial charge is 0.200 e. The average molecular weight is 396 g/mol. The minimum Gasteiger partial charge on any atom is -0.507 e. The number of hydrogen-bond donors (Lipinski definition) is 3. The SMILES string of the molecule is CCCC1OCCN1CCNc1cccc2c1C(=O)c1c(O)ccc(O)c1C2=O. The summed E-state index contributed by atoms with van der Waals surface area (Å²) in [6.45, 7) is 5.05. The minimum absolute atomic E-state index is 0.126. The molecule has 1 unspecified atom stereocenters. The van der Waals surface area contributed by atoms with E-state index in [4.69, 9.17) is 4.74 Å². The van der Waals surface area contributed by atoms with Crippen molar-refractivity contribution < 1.29 is 24.5 Å². The highest BCUT2D eigenvalue weighted by atomic mass is 16.5. The van der Waals surface area contributed by atoms with Crippen LogP contribution in [0.25, 0.3) is 0 Å². The van der Waals surface area contributed by atoms with Crippen molar-refractivity contribution in [3.63, 3.8) is 0 Å². The van der Waals surface area contributed by atoms with Crippen LogP contribution in [-0.4, -0.2) is 59.1 Å². The molecule has 152 valence electrons. The number of ketones is 2. The first kappa shape index (κ1) is 19.4. The molecule has 1 saturated heterocycles. The third kappa shape index (κ3) is 3.36. The van der Waals surface area contributed by atoms with Gasteiger partial charge in [0.2, 0.25) is 0 Å². The summed E-state index contributed by atoms with van der Waals surface area (Å²) < 4.78 is 5.74. The Hall–Kier alpha value is -2.90. The highest BCUT2D eigenvalue weighted by Crippen LogP contribution is 2.39. The molecule has 0 radical (unpaired) electrons. The molecule has 2 aliphatic rings. The minimum atomic E-state index is -0.473.